The number of hydrogen-bond donors (Lipinski definition) is 2. The molecule has 74 valence electrons. The average molecular weight is 184 g/mol. The highest BCUT2D eigenvalue weighted by atomic mass is 16.3. The first-order valence-electron chi connectivity index (χ1n) is 4.30. The lowest BCUT2D eigenvalue weighted by Gasteiger charge is -2.22. The summed E-state index contributed by atoms with van der Waals surface area (Å²) in [5.74, 6) is 0. The van der Waals surface area contributed by atoms with Gasteiger partial charge in [-0.1, -0.05) is 5.21 Å². The fourth-order valence-electron chi connectivity index (χ4n) is 1.27. The van der Waals surface area contributed by atoms with Gasteiger partial charge < -0.3 is 10.4 Å². The van der Waals surface area contributed by atoms with Crippen molar-refractivity contribution in [2.24, 2.45) is 7.05 Å². The molecular weight excluding hydrogens is 168 g/mol. The predicted molar refractivity (Wildman–Crippen MR) is 49.1 cm³/mol. The van der Waals surface area contributed by atoms with Crippen molar-refractivity contribution in [3.63, 3.8) is 0 Å². The number of hydrogen-bond acceptors (Lipinski definition) is 4. The molecule has 2 N–H and O–H groups in total. The van der Waals surface area contributed by atoms with Crippen LogP contribution < -0.4 is 5.32 Å². The third-order valence-electron chi connectivity index (χ3n) is 2.13. The summed E-state index contributed by atoms with van der Waals surface area (Å²) in [6.45, 7) is 2.53. The van der Waals surface area contributed by atoms with E-state index in [1.54, 1.807) is 24.9 Å². The largest absolute Gasteiger partial charge is 0.384 e. The van der Waals surface area contributed by atoms with Gasteiger partial charge in [-0.05, 0) is 26.9 Å². The van der Waals surface area contributed by atoms with Gasteiger partial charge in [0, 0.05) is 7.05 Å². The highest BCUT2D eigenvalue weighted by molar-refractivity contribution is 5.05. The summed E-state index contributed by atoms with van der Waals surface area (Å²) in [7, 11) is 3.63. The first-order chi connectivity index (χ1) is 6.08. The molecule has 1 aromatic rings. The van der Waals surface area contributed by atoms with E-state index in [0.717, 1.165) is 12.2 Å². The van der Waals surface area contributed by atoms with Crippen LogP contribution in [0.4, 0.5) is 0 Å². The van der Waals surface area contributed by atoms with Crippen molar-refractivity contribution in [1.82, 2.24) is 20.3 Å². The van der Waals surface area contributed by atoms with Crippen LogP contribution in [0, 0.1) is 0 Å². The van der Waals surface area contributed by atoms with Crippen molar-refractivity contribution in [2.45, 2.75) is 18.9 Å². The zero-order valence-electron chi connectivity index (χ0n) is 8.28. The van der Waals surface area contributed by atoms with Crippen LogP contribution in [-0.4, -0.2) is 33.7 Å². The Morgan fingerprint density at radius 1 is 1.69 bits per heavy atom. The van der Waals surface area contributed by atoms with Crippen molar-refractivity contribution in [1.29, 1.82) is 0 Å². The highest BCUT2D eigenvalue weighted by Crippen LogP contribution is 2.21. The molecule has 0 saturated heterocycles. The first-order valence-corrected chi connectivity index (χ1v) is 4.30. The maximum atomic E-state index is 10.0. The van der Waals surface area contributed by atoms with E-state index in [1.165, 1.54) is 0 Å². The third-order valence-corrected chi connectivity index (χ3v) is 2.13. The summed E-state index contributed by atoms with van der Waals surface area (Å²) in [6, 6.07) is 0. The molecule has 1 aromatic heterocycles. The maximum absolute atomic E-state index is 10.0. The van der Waals surface area contributed by atoms with Gasteiger partial charge in [-0.25, -0.2) is 4.68 Å². The Labute approximate surface area is 77.8 Å². The maximum Gasteiger partial charge on any atom is 0.106 e. The molecular formula is C8H16N4O. The Hall–Kier alpha value is -0.940. The summed E-state index contributed by atoms with van der Waals surface area (Å²) in [4.78, 5) is 0. The summed E-state index contributed by atoms with van der Waals surface area (Å²) in [5.41, 5.74) is -0.121. The van der Waals surface area contributed by atoms with Gasteiger partial charge in [-0.2, -0.15) is 0 Å². The molecule has 0 aliphatic carbocycles. The molecule has 0 aromatic carbocycles. The summed E-state index contributed by atoms with van der Waals surface area (Å²) >= 11 is 0. The third kappa shape index (κ3) is 2.26. The SMILES string of the molecule is CNCCC(C)(O)c1cnnn1C. The Balaban J connectivity index is 2.74. The van der Waals surface area contributed by atoms with Crippen LogP contribution in [0.25, 0.3) is 0 Å². The Morgan fingerprint density at radius 2 is 2.38 bits per heavy atom. The van der Waals surface area contributed by atoms with E-state index < -0.39 is 5.60 Å². The van der Waals surface area contributed by atoms with Crippen LogP contribution in [0.5, 0.6) is 0 Å². The van der Waals surface area contributed by atoms with Gasteiger partial charge in [-0.15, -0.1) is 5.10 Å². The minimum absolute atomic E-state index is 0.644. The molecule has 0 amide bonds. The highest BCUT2D eigenvalue weighted by Gasteiger charge is 2.25. The smallest absolute Gasteiger partial charge is 0.106 e. The van der Waals surface area contributed by atoms with Crippen LogP contribution in [-0.2, 0) is 12.6 Å². The van der Waals surface area contributed by atoms with Gasteiger partial charge >= 0.3 is 0 Å². The molecule has 0 aliphatic rings. The first kappa shape index (κ1) is 10.1. The number of rotatable bonds is 4. The van der Waals surface area contributed by atoms with Crippen LogP contribution in [0.15, 0.2) is 6.20 Å². The normalized spacial score (nSPS) is 15.7. The van der Waals surface area contributed by atoms with E-state index in [0.29, 0.717) is 6.42 Å². The Bertz CT molecular complexity index is 269. The van der Waals surface area contributed by atoms with Crippen LogP contribution in [0.3, 0.4) is 0 Å². The number of aryl methyl sites for hydroxylation is 1. The molecule has 1 heterocycles. The molecule has 0 saturated carbocycles. The van der Waals surface area contributed by atoms with Gasteiger partial charge in [0.2, 0.25) is 0 Å². The average Bonchev–Trinajstić information content (AvgIpc) is 2.48. The zero-order chi connectivity index (χ0) is 9.90. The molecule has 0 aliphatic heterocycles. The summed E-state index contributed by atoms with van der Waals surface area (Å²) < 4.78 is 1.59. The van der Waals surface area contributed by atoms with Gasteiger partial charge in [-0.3, -0.25) is 0 Å². The van der Waals surface area contributed by atoms with E-state index in [-0.39, 0.29) is 0 Å². The number of nitrogens with zero attached hydrogens (tertiary/aromatic N) is 3. The minimum Gasteiger partial charge on any atom is -0.384 e. The molecule has 13 heavy (non-hydrogen) atoms. The van der Waals surface area contributed by atoms with E-state index >= 15 is 0 Å². The second kappa shape index (κ2) is 3.85. The zero-order valence-corrected chi connectivity index (χ0v) is 8.28. The van der Waals surface area contributed by atoms with E-state index in [2.05, 4.69) is 15.6 Å². The van der Waals surface area contributed by atoms with Gasteiger partial charge in [0.25, 0.3) is 0 Å². The van der Waals surface area contributed by atoms with E-state index in [9.17, 15) is 5.11 Å². The molecule has 1 unspecified atom stereocenters. The number of aliphatic hydroxyl groups is 1. The van der Waals surface area contributed by atoms with Crippen molar-refractivity contribution in [3.8, 4) is 0 Å². The standard InChI is InChI=1S/C8H16N4O/c1-8(13,4-5-9-2)7-6-10-11-12(7)3/h6,9,13H,4-5H2,1-3H3. The molecule has 0 spiro atoms. The monoisotopic (exact) mass is 184 g/mol. The van der Waals surface area contributed by atoms with Crippen LogP contribution >= 0.6 is 0 Å². The van der Waals surface area contributed by atoms with Gasteiger partial charge in [0.15, 0.2) is 0 Å². The second-order valence-corrected chi connectivity index (χ2v) is 3.37. The van der Waals surface area contributed by atoms with Crippen LogP contribution in [0.1, 0.15) is 19.0 Å². The predicted octanol–water partition coefficient (Wildman–Crippen LogP) is -0.368. The molecule has 0 radical (unpaired) electrons. The second-order valence-electron chi connectivity index (χ2n) is 3.37. The van der Waals surface area contributed by atoms with Gasteiger partial charge in [0.05, 0.1) is 11.9 Å². The minimum atomic E-state index is -0.860. The molecule has 5 nitrogen and oxygen atoms in total. The van der Waals surface area contributed by atoms with Gasteiger partial charge in [0.1, 0.15) is 5.60 Å². The van der Waals surface area contributed by atoms with E-state index in [4.69, 9.17) is 0 Å². The molecule has 0 fully saturated rings. The quantitative estimate of drug-likeness (QED) is 0.670. The Morgan fingerprint density at radius 3 is 2.85 bits per heavy atom. The summed E-state index contributed by atoms with van der Waals surface area (Å²) in [5, 5.41) is 20.5. The van der Waals surface area contributed by atoms with Crippen molar-refractivity contribution in [3.05, 3.63) is 11.9 Å². The molecule has 1 rings (SSSR count). The molecule has 0 bridgehead atoms. The lowest BCUT2D eigenvalue weighted by atomic mass is 9.99. The molecule has 5 heteroatoms. The molecule has 1 atom stereocenters. The number of nitrogens with one attached hydrogen (secondary N) is 1. The van der Waals surface area contributed by atoms with E-state index in [1.807, 2.05) is 7.05 Å². The number of aromatic nitrogens is 3. The topological polar surface area (TPSA) is 63.0 Å². The lowest BCUT2D eigenvalue weighted by Crippen LogP contribution is -2.28. The van der Waals surface area contributed by atoms with Crippen molar-refractivity contribution in [2.75, 3.05) is 13.6 Å². The Kier molecular flexibility index (Phi) is 3.00. The van der Waals surface area contributed by atoms with Crippen molar-refractivity contribution < 1.29 is 5.11 Å². The fraction of sp³-hybridized carbons (Fsp3) is 0.750. The fourth-order valence-corrected chi connectivity index (χ4v) is 1.27. The van der Waals surface area contributed by atoms with Crippen LogP contribution in [0.2, 0.25) is 0 Å². The summed E-state index contributed by atoms with van der Waals surface area (Å²) in [6.07, 6.45) is 2.24. The lowest BCUT2D eigenvalue weighted by molar-refractivity contribution is 0.0401. The van der Waals surface area contributed by atoms with Crippen molar-refractivity contribution >= 4 is 0 Å².